The highest BCUT2D eigenvalue weighted by atomic mass is 32.2. The summed E-state index contributed by atoms with van der Waals surface area (Å²) in [6.45, 7) is 0. The first-order valence-electron chi connectivity index (χ1n) is 9.18. The summed E-state index contributed by atoms with van der Waals surface area (Å²) >= 11 is 3.19. The van der Waals surface area contributed by atoms with Crippen LogP contribution in [0.3, 0.4) is 0 Å². The first kappa shape index (κ1) is 16.8. The zero-order valence-electron chi connectivity index (χ0n) is 14.8. The van der Waals surface area contributed by atoms with E-state index in [1.54, 1.807) is 11.8 Å². The Hall–Kier alpha value is -2.32. The highest BCUT2D eigenvalue weighted by Crippen LogP contribution is 2.33. The number of nitrogen functional groups attached to an aromatic ring is 1. The van der Waals surface area contributed by atoms with Crippen LogP contribution >= 0.6 is 23.1 Å². The summed E-state index contributed by atoms with van der Waals surface area (Å²) in [4.78, 5) is 14.4. The van der Waals surface area contributed by atoms with E-state index in [4.69, 9.17) is 5.73 Å². The Morgan fingerprint density at radius 3 is 2.89 bits per heavy atom. The van der Waals surface area contributed by atoms with E-state index in [1.807, 2.05) is 18.5 Å². The second kappa shape index (κ2) is 7.01. The van der Waals surface area contributed by atoms with Crippen LogP contribution in [0.4, 0.5) is 10.8 Å². The van der Waals surface area contributed by atoms with Crippen molar-refractivity contribution >= 4 is 49.9 Å². The van der Waals surface area contributed by atoms with Gasteiger partial charge in [-0.25, -0.2) is 15.0 Å². The summed E-state index contributed by atoms with van der Waals surface area (Å²) in [5.41, 5.74) is 7.82. The van der Waals surface area contributed by atoms with Crippen LogP contribution in [0.2, 0.25) is 0 Å². The molecule has 5 rings (SSSR count). The van der Waals surface area contributed by atoms with Crippen LogP contribution in [-0.4, -0.2) is 25.4 Å². The second-order valence-corrected chi connectivity index (χ2v) is 9.03. The lowest BCUT2D eigenvalue weighted by Gasteiger charge is -2.23. The molecule has 0 unspecified atom stereocenters. The Balaban J connectivity index is 1.42. The minimum atomic E-state index is 0.553. The van der Waals surface area contributed by atoms with Gasteiger partial charge in [0, 0.05) is 17.1 Å². The van der Waals surface area contributed by atoms with Gasteiger partial charge in [0.2, 0.25) is 5.78 Å². The standard InChI is InChI=1S/C19H20N6S2/c20-18-24-15-7-6-14(8-16(15)27-18)26-17-10-22-19-21-9-13(11-25(17)19)23-12-4-2-1-3-5-12/h6-12,23H,1-5H2,(H2,20,24). The van der Waals surface area contributed by atoms with Gasteiger partial charge >= 0.3 is 0 Å². The fourth-order valence-electron chi connectivity index (χ4n) is 3.59. The number of benzene rings is 1. The molecule has 0 atom stereocenters. The molecule has 27 heavy (non-hydrogen) atoms. The maximum Gasteiger partial charge on any atom is 0.234 e. The van der Waals surface area contributed by atoms with E-state index in [9.17, 15) is 0 Å². The van der Waals surface area contributed by atoms with Gasteiger partial charge in [-0.3, -0.25) is 4.40 Å². The van der Waals surface area contributed by atoms with Crippen LogP contribution in [0.15, 0.2) is 46.7 Å². The lowest BCUT2D eigenvalue weighted by atomic mass is 9.95. The maximum atomic E-state index is 5.82. The topological polar surface area (TPSA) is 81.1 Å². The molecule has 0 saturated heterocycles. The molecule has 0 aliphatic heterocycles. The second-order valence-electron chi connectivity index (χ2n) is 6.87. The van der Waals surface area contributed by atoms with Gasteiger partial charge in [-0.15, -0.1) is 0 Å². The summed E-state index contributed by atoms with van der Waals surface area (Å²) < 4.78 is 3.16. The minimum Gasteiger partial charge on any atom is -0.380 e. The molecule has 4 aromatic rings. The number of thiazole rings is 1. The third-order valence-corrected chi connectivity index (χ3v) is 6.75. The molecule has 1 aliphatic carbocycles. The van der Waals surface area contributed by atoms with Gasteiger partial charge in [0.1, 0.15) is 5.03 Å². The molecule has 0 spiro atoms. The summed E-state index contributed by atoms with van der Waals surface area (Å²) in [6, 6.07) is 6.77. The van der Waals surface area contributed by atoms with E-state index >= 15 is 0 Å². The quantitative estimate of drug-likeness (QED) is 0.515. The van der Waals surface area contributed by atoms with Gasteiger partial charge in [0.15, 0.2) is 5.13 Å². The predicted molar refractivity (Wildman–Crippen MR) is 112 cm³/mol. The SMILES string of the molecule is Nc1nc2ccc(Sc3cnc4ncc(NC5CCCCC5)cn34)cc2s1. The van der Waals surface area contributed by atoms with Crippen LogP contribution in [0.1, 0.15) is 32.1 Å². The minimum absolute atomic E-state index is 0.553. The normalized spacial score (nSPS) is 15.6. The van der Waals surface area contributed by atoms with Crippen molar-refractivity contribution in [2.24, 2.45) is 0 Å². The van der Waals surface area contributed by atoms with Gasteiger partial charge in [-0.1, -0.05) is 42.4 Å². The molecule has 1 fully saturated rings. The van der Waals surface area contributed by atoms with Crippen molar-refractivity contribution < 1.29 is 0 Å². The molecule has 3 aromatic heterocycles. The van der Waals surface area contributed by atoms with Gasteiger partial charge < -0.3 is 11.1 Å². The monoisotopic (exact) mass is 396 g/mol. The molecule has 1 aromatic carbocycles. The summed E-state index contributed by atoms with van der Waals surface area (Å²) in [7, 11) is 0. The number of nitrogens with zero attached hydrogens (tertiary/aromatic N) is 4. The number of imidazole rings is 1. The highest BCUT2D eigenvalue weighted by molar-refractivity contribution is 7.99. The number of anilines is 2. The zero-order chi connectivity index (χ0) is 18.2. The van der Waals surface area contributed by atoms with Crippen molar-refractivity contribution in [3.8, 4) is 0 Å². The number of nitrogens with one attached hydrogen (secondary N) is 1. The molecule has 6 nitrogen and oxygen atoms in total. The number of nitrogens with two attached hydrogens (primary N) is 1. The fraction of sp³-hybridized carbons (Fsp3) is 0.316. The molecule has 0 amide bonds. The molecule has 1 saturated carbocycles. The van der Waals surface area contributed by atoms with Crippen molar-refractivity contribution in [3.05, 3.63) is 36.8 Å². The van der Waals surface area contributed by atoms with Crippen LogP contribution in [-0.2, 0) is 0 Å². The first-order valence-corrected chi connectivity index (χ1v) is 10.8. The summed E-state index contributed by atoms with van der Waals surface area (Å²) in [6.07, 6.45) is 12.3. The van der Waals surface area contributed by atoms with Crippen molar-refractivity contribution in [1.29, 1.82) is 0 Å². The molecule has 0 bridgehead atoms. The van der Waals surface area contributed by atoms with Crippen molar-refractivity contribution in [2.75, 3.05) is 11.1 Å². The average molecular weight is 397 g/mol. The van der Waals surface area contributed by atoms with E-state index in [0.717, 1.165) is 31.6 Å². The number of hydrogen-bond donors (Lipinski definition) is 2. The Morgan fingerprint density at radius 2 is 2.00 bits per heavy atom. The van der Waals surface area contributed by atoms with Gasteiger partial charge in [-0.05, 0) is 31.0 Å². The number of hydrogen-bond acceptors (Lipinski definition) is 7. The van der Waals surface area contributed by atoms with Crippen molar-refractivity contribution in [1.82, 2.24) is 19.4 Å². The Labute approximate surface area is 165 Å². The fourth-order valence-corrected chi connectivity index (χ4v) is 5.33. The third-order valence-electron chi connectivity index (χ3n) is 4.91. The van der Waals surface area contributed by atoms with Crippen molar-refractivity contribution in [2.45, 2.75) is 48.1 Å². The maximum absolute atomic E-state index is 5.82. The lowest BCUT2D eigenvalue weighted by Crippen LogP contribution is -2.22. The summed E-state index contributed by atoms with van der Waals surface area (Å²) in [5.74, 6) is 0.717. The van der Waals surface area contributed by atoms with Gasteiger partial charge in [0.05, 0.1) is 28.3 Å². The Morgan fingerprint density at radius 1 is 1.15 bits per heavy atom. The molecule has 1 aliphatic rings. The molecule has 3 N–H and O–H groups in total. The van der Waals surface area contributed by atoms with Crippen LogP contribution in [0, 0.1) is 0 Å². The third kappa shape index (κ3) is 3.46. The molecular weight excluding hydrogens is 376 g/mol. The highest BCUT2D eigenvalue weighted by Gasteiger charge is 2.14. The zero-order valence-corrected chi connectivity index (χ0v) is 16.4. The average Bonchev–Trinajstić information content (AvgIpc) is 3.25. The lowest BCUT2D eigenvalue weighted by molar-refractivity contribution is 0.462. The van der Waals surface area contributed by atoms with Gasteiger partial charge in [-0.2, -0.15) is 0 Å². The van der Waals surface area contributed by atoms with Crippen LogP contribution in [0.5, 0.6) is 0 Å². The molecule has 3 heterocycles. The first-order chi connectivity index (χ1) is 13.2. The number of fused-ring (bicyclic) bond motifs is 2. The van der Waals surface area contributed by atoms with E-state index in [0.29, 0.717) is 11.2 Å². The van der Waals surface area contributed by atoms with E-state index in [2.05, 4.69) is 43.0 Å². The molecule has 8 heteroatoms. The van der Waals surface area contributed by atoms with Crippen LogP contribution in [0.25, 0.3) is 16.0 Å². The smallest absolute Gasteiger partial charge is 0.234 e. The number of aromatic nitrogens is 4. The summed E-state index contributed by atoms with van der Waals surface area (Å²) in [5, 5.41) is 5.28. The van der Waals surface area contributed by atoms with E-state index in [1.165, 1.54) is 43.4 Å². The molecule has 138 valence electrons. The van der Waals surface area contributed by atoms with Gasteiger partial charge in [0.25, 0.3) is 0 Å². The Bertz CT molecular complexity index is 1100. The van der Waals surface area contributed by atoms with Crippen LogP contribution < -0.4 is 11.1 Å². The predicted octanol–water partition coefficient (Wildman–Crippen LogP) is 4.82. The largest absolute Gasteiger partial charge is 0.380 e. The Kier molecular flexibility index (Phi) is 4.37. The van der Waals surface area contributed by atoms with Crippen molar-refractivity contribution in [3.63, 3.8) is 0 Å². The van der Waals surface area contributed by atoms with E-state index < -0.39 is 0 Å². The molecular formula is C19H20N6S2. The molecule has 0 radical (unpaired) electrons. The number of rotatable bonds is 4. The van der Waals surface area contributed by atoms with E-state index in [-0.39, 0.29) is 0 Å².